The van der Waals surface area contributed by atoms with Crippen LogP contribution < -0.4 is 0 Å². The van der Waals surface area contributed by atoms with Gasteiger partial charge < -0.3 is 9.80 Å². The summed E-state index contributed by atoms with van der Waals surface area (Å²) < 4.78 is 40.3. The first-order valence-corrected chi connectivity index (χ1v) is 15.0. The Labute approximate surface area is 246 Å². The van der Waals surface area contributed by atoms with Crippen LogP contribution in [0, 0.1) is 11.8 Å². The third-order valence-corrected chi connectivity index (χ3v) is 9.10. The second-order valence-corrected chi connectivity index (χ2v) is 12.1. The minimum Gasteiger partial charge on any atom is -0.343 e. The van der Waals surface area contributed by atoms with E-state index < -0.39 is 11.7 Å². The number of halogens is 3. The van der Waals surface area contributed by atoms with E-state index in [1.54, 1.807) is 19.1 Å². The van der Waals surface area contributed by atoms with Crippen molar-refractivity contribution in [2.45, 2.75) is 58.3 Å². The van der Waals surface area contributed by atoms with Crippen LogP contribution in [-0.4, -0.2) is 65.3 Å². The number of amides is 2. The van der Waals surface area contributed by atoms with Crippen LogP contribution in [0.25, 0.3) is 10.8 Å². The van der Waals surface area contributed by atoms with E-state index in [9.17, 15) is 22.8 Å². The average molecular weight is 580 g/mol. The second kappa shape index (κ2) is 12.5. The summed E-state index contributed by atoms with van der Waals surface area (Å²) >= 11 is 0. The monoisotopic (exact) mass is 579 g/mol. The van der Waals surface area contributed by atoms with E-state index in [0.29, 0.717) is 39.1 Å². The highest BCUT2D eigenvalue weighted by molar-refractivity contribution is 5.86. The molecule has 8 heteroatoms. The number of piperazine rings is 1. The van der Waals surface area contributed by atoms with Crippen molar-refractivity contribution in [3.05, 3.63) is 83.4 Å². The van der Waals surface area contributed by atoms with Gasteiger partial charge in [0.1, 0.15) is 0 Å². The Morgan fingerprint density at radius 2 is 1.55 bits per heavy atom. The molecule has 0 saturated carbocycles. The highest BCUT2D eigenvalue weighted by Gasteiger charge is 2.38. The molecule has 5 nitrogen and oxygen atoms in total. The first-order chi connectivity index (χ1) is 20.0. The van der Waals surface area contributed by atoms with Gasteiger partial charge in [0, 0.05) is 52.1 Å². The molecule has 5 rings (SSSR count). The maximum Gasteiger partial charge on any atom is 0.416 e. The van der Waals surface area contributed by atoms with Gasteiger partial charge in [-0.15, -0.1) is 0 Å². The average Bonchev–Trinajstić information content (AvgIpc) is 2.97. The predicted octanol–water partition coefficient (Wildman–Crippen LogP) is 6.77. The number of likely N-dealkylation sites (tertiary alicyclic amines) is 1. The van der Waals surface area contributed by atoms with Gasteiger partial charge >= 0.3 is 6.18 Å². The van der Waals surface area contributed by atoms with Crippen LogP contribution in [0.5, 0.6) is 0 Å². The summed E-state index contributed by atoms with van der Waals surface area (Å²) in [5.41, 5.74) is 1.19. The van der Waals surface area contributed by atoms with Crippen molar-refractivity contribution in [1.82, 2.24) is 14.7 Å². The zero-order chi connectivity index (χ0) is 30.0. The van der Waals surface area contributed by atoms with Crippen molar-refractivity contribution in [2.24, 2.45) is 11.8 Å². The number of hydrogen-bond donors (Lipinski definition) is 0. The fourth-order valence-corrected chi connectivity index (χ4v) is 6.69. The number of carbonyl (C=O) groups is 2. The van der Waals surface area contributed by atoms with Gasteiger partial charge in [0.15, 0.2) is 0 Å². The van der Waals surface area contributed by atoms with Crippen LogP contribution >= 0.6 is 0 Å². The van der Waals surface area contributed by atoms with Gasteiger partial charge in [-0.1, -0.05) is 68.4 Å². The van der Waals surface area contributed by atoms with E-state index in [0.717, 1.165) is 34.7 Å². The van der Waals surface area contributed by atoms with E-state index in [4.69, 9.17) is 0 Å². The number of alkyl halides is 3. The third-order valence-electron chi connectivity index (χ3n) is 9.10. The van der Waals surface area contributed by atoms with Crippen molar-refractivity contribution < 1.29 is 22.8 Å². The fourth-order valence-electron chi connectivity index (χ4n) is 6.69. The summed E-state index contributed by atoms with van der Waals surface area (Å²) in [6, 6.07) is 19.5. The molecule has 0 spiro atoms. The van der Waals surface area contributed by atoms with Crippen LogP contribution in [-0.2, 0) is 15.8 Å². The van der Waals surface area contributed by atoms with Crippen LogP contribution in [0.4, 0.5) is 13.2 Å². The van der Waals surface area contributed by atoms with E-state index in [-0.39, 0.29) is 35.7 Å². The third kappa shape index (κ3) is 6.48. The van der Waals surface area contributed by atoms with Crippen molar-refractivity contribution in [3.8, 4) is 0 Å². The molecule has 224 valence electrons. The summed E-state index contributed by atoms with van der Waals surface area (Å²) in [5.74, 6) is 0.724. The standard InChI is InChI=1S/C34H40F3N3O2/c1-23(2)31-22-39(19-20-40(31)32(42)21-25-15-17-38(18-16-25)24(3)41)33(27-11-13-28(14-12-27)34(35,36)37)30-10-6-8-26-7-4-5-9-29(26)30/h4-14,23,25,31,33H,15-22H2,1-3H3/t31-,33?/m1/s1. The van der Waals surface area contributed by atoms with Crippen molar-refractivity contribution in [1.29, 1.82) is 0 Å². The largest absolute Gasteiger partial charge is 0.416 e. The highest BCUT2D eigenvalue weighted by Crippen LogP contribution is 2.38. The molecule has 2 atom stereocenters. The van der Waals surface area contributed by atoms with Gasteiger partial charge in [-0.25, -0.2) is 0 Å². The molecule has 2 aliphatic rings. The predicted molar refractivity (Wildman–Crippen MR) is 159 cm³/mol. The maximum atomic E-state index is 13.6. The topological polar surface area (TPSA) is 43.9 Å². The van der Waals surface area contributed by atoms with E-state index in [1.807, 2.05) is 28.0 Å². The maximum absolute atomic E-state index is 13.6. The molecule has 0 N–H and O–H groups in total. The Hall–Kier alpha value is -3.39. The minimum absolute atomic E-state index is 0.0181. The summed E-state index contributed by atoms with van der Waals surface area (Å²) in [7, 11) is 0. The fraction of sp³-hybridized carbons (Fsp3) is 0.471. The molecule has 0 bridgehead atoms. The Bertz CT molecular complexity index is 1390. The van der Waals surface area contributed by atoms with E-state index >= 15 is 0 Å². The summed E-state index contributed by atoms with van der Waals surface area (Å²) in [6.45, 7) is 9.07. The van der Waals surface area contributed by atoms with Crippen molar-refractivity contribution >= 4 is 22.6 Å². The number of benzene rings is 3. The van der Waals surface area contributed by atoms with Gasteiger partial charge in [0.25, 0.3) is 0 Å². The number of carbonyl (C=O) groups excluding carboxylic acids is 2. The molecule has 3 aromatic carbocycles. The number of fused-ring (bicyclic) bond motifs is 1. The molecule has 2 saturated heterocycles. The molecule has 0 aromatic heterocycles. The smallest absolute Gasteiger partial charge is 0.343 e. The minimum atomic E-state index is -4.40. The first-order valence-electron chi connectivity index (χ1n) is 15.0. The molecule has 0 radical (unpaired) electrons. The number of hydrogen-bond acceptors (Lipinski definition) is 3. The van der Waals surface area contributed by atoms with Crippen LogP contribution in [0.1, 0.15) is 62.8 Å². The summed E-state index contributed by atoms with van der Waals surface area (Å²) in [6.07, 6.45) is -2.23. The van der Waals surface area contributed by atoms with Crippen LogP contribution in [0.3, 0.4) is 0 Å². The van der Waals surface area contributed by atoms with Crippen LogP contribution in [0.15, 0.2) is 66.7 Å². The molecule has 0 aliphatic carbocycles. The number of piperidine rings is 1. The SMILES string of the molecule is CC(=O)N1CCC(CC(=O)N2CCN(C(c3ccc(C(F)(F)F)cc3)c3cccc4ccccc34)C[C@@H]2C(C)C)CC1. The first kappa shape index (κ1) is 30.1. The van der Waals surface area contributed by atoms with Gasteiger partial charge in [-0.05, 0) is 58.7 Å². The van der Waals surface area contributed by atoms with E-state index in [2.05, 4.69) is 43.0 Å². The highest BCUT2D eigenvalue weighted by atomic mass is 19.4. The molecular weight excluding hydrogens is 539 g/mol. The molecule has 42 heavy (non-hydrogen) atoms. The summed E-state index contributed by atoms with van der Waals surface area (Å²) in [4.78, 5) is 31.6. The summed E-state index contributed by atoms with van der Waals surface area (Å²) in [5, 5.41) is 2.15. The number of rotatable bonds is 6. The Morgan fingerprint density at radius 3 is 2.19 bits per heavy atom. The normalized spacial score (nSPS) is 19.8. The Kier molecular flexibility index (Phi) is 8.92. The molecule has 2 fully saturated rings. The molecule has 2 amide bonds. The lowest BCUT2D eigenvalue weighted by Crippen LogP contribution is -2.58. The van der Waals surface area contributed by atoms with Gasteiger partial charge in [-0.3, -0.25) is 14.5 Å². The van der Waals surface area contributed by atoms with Crippen LogP contribution in [0.2, 0.25) is 0 Å². The lowest BCUT2D eigenvalue weighted by molar-refractivity contribution is -0.139. The lowest BCUT2D eigenvalue weighted by atomic mass is 9.89. The zero-order valence-electron chi connectivity index (χ0n) is 24.6. The van der Waals surface area contributed by atoms with E-state index in [1.165, 1.54) is 12.1 Å². The number of nitrogens with zero attached hydrogens (tertiary/aromatic N) is 3. The molecular formula is C34H40F3N3O2. The molecule has 2 aliphatic heterocycles. The van der Waals surface area contributed by atoms with Gasteiger partial charge in [-0.2, -0.15) is 13.2 Å². The van der Waals surface area contributed by atoms with Gasteiger partial charge in [0.05, 0.1) is 11.6 Å². The molecule has 1 unspecified atom stereocenters. The molecule has 2 heterocycles. The second-order valence-electron chi connectivity index (χ2n) is 12.1. The Morgan fingerprint density at radius 1 is 0.881 bits per heavy atom. The Balaban J connectivity index is 1.41. The lowest BCUT2D eigenvalue weighted by Gasteiger charge is -2.47. The quantitative estimate of drug-likeness (QED) is 0.324. The zero-order valence-corrected chi connectivity index (χ0v) is 24.6. The van der Waals surface area contributed by atoms with Crippen molar-refractivity contribution in [3.63, 3.8) is 0 Å². The van der Waals surface area contributed by atoms with Gasteiger partial charge in [0.2, 0.25) is 11.8 Å². The van der Waals surface area contributed by atoms with Crippen molar-refractivity contribution in [2.75, 3.05) is 32.7 Å². The molecule has 3 aromatic rings.